The van der Waals surface area contributed by atoms with Crippen LogP contribution in [0.5, 0.6) is 11.5 Å². The second-order valence-corrected chi connectivity index (χ2v) is 9.07. The van der Waals surface area contributed by atoms with Crippen LogP contribution >= 0.6 is 0 Å². The van der Waals surface area contributed by atoms with Crippen molar-refractivity contribution < 1.29 is 41.7 Å². The molecular weight excluding hydrogens is 458 g/mol. The molecule has 10 heteroatoms. The fourth-order valence-corrected chi connectivity index (χ4v) is 3.24. The highest BCUT2D eigenvalue weighted by molar-refractivity contribution is 5.96. The molecule has 0 saturated heterocycles. The summed E-state index contributed by atoms with van der Waals surface area (Å²) in [5.41, 5.74) is -2.96. The highest BCUT2D eigenvalue weighted by Gasteiger charge is 2.37. The van der Waals surface area contributed by atoms with Crippen molar-refractivity contribution >= 4 is 17.6 Å². The molecule has 34 heavy (non-hydrogen) atoms. The Morgan fingerprint density at radius 1 is 1.12 bits per heavy atom. The van der Waals surface area contributed by atoms with Gasteiger partial charge in [0, 0.05) is 30.3 Å². The van der Waals surface area contributed by atoms with Gasteiger partial charge in [0.2, 0.25) is 5.91 Å². The summed E-state index contributed by atoms with van der Waals surface area (Å²) in [7, 11) is 1.54. The number of alkyl halides is 3. The molecule has 2 aromatic rings. The van der Waals surface area contributed by atoms with E-state index < -0.39 is 47.0 Å². The van der Waals surface area contributed by atoms with Crippen molar-refractivity contribution in [2.75, 3.05) is 11.9 Å². The maximum Gasteiger partial charge on any atom is 0.419 e. The molecule has 1 aliphatic rings. The lowest BCUT2D eigenvalue weighted by Crippen LogP contribution is -2.27. The molecule has 0 atom stereocenters. The van der Waals surface area contributed by atoms with Crippen molar-refractivity contribution in [2.24, 2.45) is 5.92 Å². The van der Waals surface area contributed by atoms with Gasteiger partial charge in [-0.05, 0) is 51.8 Å². The molecule has 0 heterocycles. The van der Waals surface area contributed by atoms with Gasteiger partial charge in [0.15, 0.2) is 11.6 Å². The van der Waals surface area contributed by atoms with E-state index in [2.05, 4.69) is 0 Å². The summed E-state index contributed by atoms with van der Waals surface area (Å²) in [5.74, 6) is -3.68. The molecule has 2 aromatic carbocycles. The number of carbonyl (C=O) groups is 2. The minimum Gasteiger partial charge on any atom is -0.506 e. The zero-order valence-corrected chi connectivity index (χ0v) is 19.1. The number of phenolic OH excluding ortho intramolecular Hbond substituents is 1. The van der Waals surface area contributed by atoms with Crippen LogP contribution in [-0.2, 0) is 22.3 Å². The summed E-state index contributed by atoms with van der Waals surface area (Å²) in [6.07, 6.45) is -3.31. The van der Waals surface area contributed by atoms with Crippen molar-refractivity contribution in [1.29, 1.82) is 0 Å². The summed E-state index contributed by atoms with van der Waals surface area (Å²) in [5, 5.41) is 10.2. The average molecular weight is 483 g/mol. The Morgan fingerprint density at radius 2 is 1.76 bits per heavy atom. The summed E-state index contributed by atoms with van der Waals surface area (Å²) in [4.78, 5) is 26.1. The predicted octanol–water partition coefficient (Wildman–Crippen LogP) is 5.46. The van der Waals surface area contributed by atoms with Crippen LogP contribution < -0.4 is 9.64 Å². The number of phenols is 1. The van der Waals surface area contributed by atoms with Crippen molar-refractivity contribution in [2.45, 2.75) is 52.0 Å². The Bertz CT molecular complexity index is 1100. The van der Waals surface area contributed by atoms with Crippen molar-refractivity contribution in [1.82, 2.24) is 0 Å². The van der Waals surface area contributed by atoms with Crippen molar-refractivity contribution in [3.63, 3.8) is 0 Å². The molecule has 6 nitrogen and oxygen atoms in total. The van der Waals surface area contributed by atoms with E-state index in [-0.39, 0.29) is 23.1 Å². The third-order valence-electron chi connectivity index (χ3n) is 5.12. The number of benzene rings is 2. The van der Waals surface area contributed by atoms with Gasteiger partial charge in [-0.25, -0.2) is 9.18 Å². The molecule has 0 radical (unpaired) electrons. The third kappa shape index (κ3) is 5.78. The zero-order valence-electron chi connectivity index (χ0n) is 19.1. The van der Waals surface area contributed by atoms with Gasteiger partial charge in [0.25, 0.3) is 0 Å². The Labute approximate surface area is 194 Å². The Balaban J connectivity index is 1.86. The molecule has 0 aromatic heterocycles. The second kappa shape index (κ2) is 9.15. The minimum absolute atomic E-state index is 0.0531. The third-order valence-corrected chi connectivity index (χ3v) is 5.12. The quantitative estimate of drug-likeness (QED) is 0.436. The first-order valence-electron chi connectivity index (χ1n) is 10.5. The lowest BCUT2D eigenvalue weighted by atomic mass is 10.0. The highest BCUT2D eigenvalue weighted by Crippen LogP contribution is 2.40. The topological polar surface area (TPSA) is 76.1 Å². The van der Waals surface area contributed by atoms with Crippen molar-refractivity contribution in [3.8, 4) is 11.5 Å². The van der Waals surface area contributed by atoms with E-state index in [1.54, 1.807) is 0 Å². The van der Waals surface area contributed by atoms with Crippen LogP contribution in [0.2, 0.25) is 0 Å². The van der Waals surface area contributed by atoms with Gasteiger partial charge in [-0.1, -0.05) is 6.07 Å². The van der Waals surface area contributed by atoms with Gasteiger partial charge in [-0.2, -0.15) is 13.2 Å². The summed E-state index contributed by atoms with van der Waals surface area (Å²) in [6, 6.07) is 5.43. The lowest BCUT2D eigenvalue weighted by Gasteiger charge is -2.22. The number of esters is 1. The maximum absolute atomic E-state index is 14.6. The highest BCUT2D eigenvalue weighted by atomic mass is 19.4. The molecule has 0 unspecified atom stereocenters. The fraction of sp³-hybridized carbons (Fsp3) is 0.417. The Morgan fingerprint density at radius 3 is 2.29 bits per heavy atom. The van der Waals surface area contributed by atoms with Crippen LogP contribution in [0.25, 0.3) is 0 Å². The molecule has 1 N–H and O–H groups in total. The summed E-state index contributed by atoms with van der Waals surface area (Å²) < 4.78 is 64.9. The minimum atomic E-state index is -4.91. The number of anilines is 1. The van der Waals surface area contributed by atoms with E-state index in [0.717, 1.165) is 25.0 Å². The number of hydrogen-bond donors (Lipinski definition) is 1. The number of halogens is 4. The average Bonchev–Trinajstić information content (AvgIpc) is 3.54. The molecule has 1 aliphatic carbocycles. The first kappa shape index (κ1) is 25.3. The first-order chi connectivity index (χ1) is 15.7. The number of aromatic hydroxyl groups is 1. The smallest absolute Gasteiger partial charge is 0.419 e. The van der Waals surface area contributed by atoms with Crippen molar-refractivity contribution in [3.05, 3.63) is 52.8 Å². The normalized spacial score (nSPS) is 14.0. The van der Waals surface area contributed by atoms with Gasteiger partial charge in [-0.15, -0.1) is 0 Å². The predicted molar refractivity (Wildman–Crippen MR) is 115 cm³/mol. The van der Waals surface area contributed by atoms with Crippen LogP contribution in [0.15, 0.2) is 30.3 Å². The molecule has 1 saturated carbocycles. The number of amides is 1. The number of ether oxygens (including phenoxy) is 2. The molecule has 0 aliphatic heterocycles. The van der Waals surface area contributed by atoms with E-state index in [0.29, 0.717) is 11.8 Å². The van der Waals surface area contributed by atoms with Crippen LogP contribution in [0.1, 0.15) is 55.1 Å². The molecule has 3 rings (SSSR count). The van der Waals surface area contributed by atoms with Crippen LogP contribution in [0, 0.1) is 11.7 Å². The SMILES string of the molecule is CN(C(=O)C1CC1)c1ccc(OCc2ccc(C(F)(F)F)c(O)c2C(=O)OC(C)(C)C)c(F)c1. The number of carbonyl (C=O) groups excluding carboxylic acids is 2. The Kier molecular flexibility index (Phi) is 6.82. The monoisotopic (exact) mass is 483 g/mol. The fourth-order valence-electron chi connectivity index (χ4n) is 3.24. The number of rotatable bonds is 6. The van der Waals surface area contributed by atoms with Gasteiger partial charge in [0.1, 0.15) is 23.5 Å². The van der Waals surface area contributed by atoms with Gasteiger partial charge in [0.05, 0.1) is 5.56 Å². The van der Waals surface area contributed by atoms with Crippen LogP contribution in [0.4, 0.5) is 23.2 Å². The van der Waals surface area contributed by atoms with E-state index in [4.69, 9.17) is 9.47 Å². The summed E-state index contributed by atoms with van der Waals surface area (Å²) >= 11 is 0. The number of nitrogens with zero attached hydrogens (tertiary/aromatic N) is 1. The van der Waals surface area contributed by atoms with E-state index in [9.17, 15) is 32.3 Å². The zero-order chi connectivity index (χ0) is 25.4. The van der Waals surface area contributed by atoms with E-state index in [1.165, 1.54) is 44.9 Å². The maximum atomic E-state index is 14.6. The van der Waals surface area contributed by atoms with Crippen LogP contribution in [0.3, 0.4) is 0 Å². The Hall–Kier alpha value is -3.30. The molecule has 0 spiro atoms. The standard InChI is InChI=1S/C24H25F4NO5/c1-23(2,3)34-22(32)19-14(7-9-16(20(19)30)24(26,27)28)12-33-18-10-8-15(11-17(18)25)29(4)21(31)13-5-6-13/h7-11,13,30H,5-6,12H2,1-4H3. The first-order valence-corrected chi connectivity index (χ1v) is 10.5. The van der Waals surface area contributed by atoms with Crippen LogP contribution in [-0.4, -0.2) is 29.6 Å². The van der Waals surface area contributed by atoms with E-state index in [1.807, 2.05) is 0 Å². The van der Waals surface area contributed by atoms with E-state index >= 15 is 0 Å². The molecule has 1 amide bonds. The second-order valence-electron chi connectivity index (χ2n) is 9.07. The largest absolute Gasteiger partial charge is 0.506 e. The van der Waals surface area contributed by atoms with Gasteiger partial charge < -0.3 is 19.5 Å². The molecule has 0 bridgehead atoms. The molecular formula is C24H25F4NO5. The van der Waals surface area contributed by atoms with Gasteiger partial charge in [-0.3, -0.25) is 4.79 Å². The lowest BCUT2D eigenvalue weighted by molar-refractivity contribution is -0.138. The number of hydrogen-bond acceptors (Lipinski definition) is 5. The molecule has 184 valence electrons. The summed E-state index contributed by atoms with van der Waals surface area (Å²) in [6.45, 7) is 4.04. The molecule has 1 fully saturated rings. The van der Waals surface area contributed by atoms with Gasteiger partial charge >= 0.3 is 12.1 Å².